The molecule has 0 unspecified atom stereocenters. The normalized spacial score (nSPS) is 26.6. The Morgan fingerprint density at radius 1 is 1.27 bits per heavy atom. The van der Waals surface area contributed by atoms with Crippen LogP contribution >= 0.6 is 12.6 Å². The molecule has 0 atom stereocenters. The largest absolute Gasteiger partial charge is 0.348 e. The fourth-order valence-corrected chi connectivity index (χ4v) is 1.80. The SMILES string of the molecule is CC1COC(c2cc(F)cc(S)c2)OC1. The third kappa shape index (κ3) is 2.71. The zero-order valence-corrected chi connectivity index (χ0v) is 9.34. The summed E-state index contributed by atoms with van der Waals surface area (Å²) in [7, 11) is 0. The van der Waals surface area contributed by atoms with E-state index in [4.69, 9.17) is 9.47 Å². The highest BCUT2D eigenvalue weighted by molar-refractivity contribution is 7.80. The minimum absolute atomic E-state index is 0.316. The lowest BCUT2D eigenvalue weighted by molar-refractivity contribution is -0.202. The average Bonchev–Trinajstić information content (AvgIpc) is 2.17. The van der Waals surface area contributed by atoms with Crippen LogP contribution in [0.1, 0.15) is 18.8 Å². The molecule has 1 saturated heterocycles. The molecule has 1 fully saturated rings. The summed E-state index contributed by atoms with van der Waals surface area (Å²) >= 11 is 4.11. The molecule has 1 aromatic rings. The Morgan fingerprint density at radius 2 is 1.93 bits per heavy atom. The lowest BCUT2D eigenvalue weighted by Crippen LogP contribution is -2.25. The number of hydrogen-bond acceptors (Lipinski definition) is 3. The number of benzene rings is 1. The Bertz CT molecular complexity index is 328. The van der Waals surface area contributed by atoms with Gasteiger partial charge in [0, 0.05) is 16.4 Å². The van der Waals surface area contributed by atoms with Gasteiger partial charge in [-0.05, 0) is 18.2 Å². The van der Waals surface area contributed by atoms with Gasteiger partial charge in [-0.1, -0.05) is 6.92 Å². The van der Waals surface area contributed by atoms with Crippen molar-refractivity contribution in [3.8, 4) is 0 Å². The fourth-order valence-electron chi connectivity index (χ4n) is 1.52. The average molecular weight is 228 g/mol. The van der Waals surface area contributed by atoms with Crippen molar-refractivity contribution in [3.05, 3.63) is 29.6 Å². The quantitative estimate of drug-likeness (QED) is 0.745. The third-order valence-electron chi connectivity index (χ3n) is 2.24. The number of halogens is 1. The van der Waals surface area contributed by atoms with E-state index in [9.17, 15) is 4.39 Å². The smallest absolute Gasteiger partial charge is 0.183 e. The van der Waals surface area contributed by atoms with Crippen LogP contribution in [0.2, 0.25) is 0 Å². The highest BCUT2D eigenvalue weighted by Crippen LogP contribution is 2.27. The molecule has 1 aromatic carbocycles. The van der Waals surface area contributed by atoms with Crippen LogP contribution in [0.3, 0.4) is 0 Å². The standard InChI is InChI=1S/C11H13FO2S/c1-7-5-13-11(14-6-7)8-2-9(12)4-10(15)3-8/h2-4,7,11,15H,5-6H2,1H3. The van der Waals surface area contributed by atoms with Crippen LogP contribution in [0.5, 0.6) is 0 Å². The summed E-state index contributed by atoms with van der Waals surface area (Å²) in [6.07, 6.45) is -0.456. The predicted octanol–water partition coefficient (Wildman–Crippen LogP) is 2.80. The first-order valence-electron chi connectivity index (χ1n) is 4.88. The van der Waals surface area contributed by atoms with Crippen molar-refractivity contribution in [2.45, 2.75) is 18.1 Å². The van der Waals surface area contributed by atoms with Gasteiger partial charge in [-0.3, -0.25) is 0 Å². The summed E-state index contributed by atoms with van der Waals surface area (Å²) < 4.78 is 24.0. The Kier molecular flexibility index (Phi) is 3.29. The second-order valence-electron chi connectivity index (χ2n) is 3.85. The van der Waals surface area contributed by atoms with Crippen molar-refractivity contribution in [2.24, 2.45) is 5.92 Å². The van der Waals surface area contributed by atoms with Crippen molar-refractivity contribution >= 4 is 12.6 Å². The molecule has 0 amide bonds. The molecule has 4 heteroatoms. The van der Waals surface area contributed by atoms with Crippen molar-refractivity contribution < 1.29 is 13.9 Å². The maximum Gasteiger partial charge on any atom is 0.183 e. The van der Waals surface area contributed by atoms with Gasteiger partial charge < -0.3 is 9.47 Å². The molecule has 0 spiro atoms. The molecule has 0 saturated carbocycles. The summed E-state index contributed by atoms with van der Waals surface area (Å²) in [6.45, 7) is 3.33. The summed E-state index contributed by atoms with van der Waals surface area (Å²) in [6, 6.07) is 4.53. The van der Waals surface area contributed by atoms with Crippen molar-refractivity contribution in [2.75, 3.05) is 13.2 Å². The van der Waals surface area contributed by atoms with E-state index >= 15 is 0 Å². The molecule has 0 aliphatic carbocycles. The maximum absolute atomic E-state index is 13.1. The van der Waals surface area contributed by atoms with Crippen LogP contribution in [-0.2, 0) is 9.47 Å². The van der Waals surface area contributed by atoms with E-state index < -0.39 is 6.29 Å². The van der Waals surface area contributed by atoms with Crippen molar-refractivity contribution in [1.82, 2.24) is 0 Å². The molecule has 2 rings (SSSR count). The molecule has 0 N–H and O–H groups in total. The van der Waals surface area contributed by atoms with Gasteiger partial charge in [0.2, 0.25) is 0 Å². The first-order chi connectivity index (χ1) is 7.15. The highest BCUT2D eigenvalue weighted by Gasteiger charge is 2.21. The zero-order chi connectivity index (χ0) is 10.8. The molecule has 0 aromatic heterocycles. The second-order valence-corrected chi connectivity index (χ2v) is 4.36. The van der Waals surface area contributed by atoms with Crippen LogP contribution in [0, 0.1) is 11.7 Å². The Balaban J connectivity index is 2.15. The molecule has 1 heterocycles. The highest BCUT2D eigenvalue weighted by atomic mass is 32.1. The van der Waals surface area contributed by atoms with Crippen LogP contribution < -0.4 is 0 Å². The minimum atomic E-state index is -0.456. The van der Waals surface area contributed by atoms with Crippen LogP contribution in [0.15, 0.2) is 23.1 Å². The Hall–Kier alpha value is -0.580. The first kappa shape index (κ1) is 10.9. The van der Waals surface area contributed by atoms with Gasteiger partial charge in [0.1, 0.15) is 5.82 Å². The molecular weight excluding hydrogens is 215 g/mol. The van der Waals surface area contributed by atoms with Crippen molar-refractivity contribution in [1.29, 1.82) is 0 Å². The van der Waals surface area contributed by atoms with Gasteiger partial charge in [-0.25, -0.2) is 4.39 Å². The number of ether oxygens (including phenoxy) is 2. The van der Waals surface area contributed by atoms with Crippen LogP contribution in [-0.4, -0.2) is 13.2 Å². The minimum Gasteiger partial charge on any atom is -0.348 e. The zero-order valence-electron chi connectivity index (χ0n) is 8.44. The Morgan fingerprint density at radius 3 is 2.53 bits per heavy atom. The molecule has 2 nitrogen and oxygen atoms in total. The van der Waals surface area contributed by atoms with Crippen molar-refractivity contribution in [3.63, 3.8) is 0 Å². The van der Waals surface area contributed by atoms with E-state index in [0.717, 1.165) is 0 Å². The Labute approximate surface area is 93.8 Å². The van der Waals surface area contributed by atoms with E-state index in [1.807, 2.05) is 6.92 Å². The maximum atomic E-state index is 13.1. The monoisotopic (exact) mass is 228 g/mol. The van der Waals surface area contributed by atoms with Gasteiger partial charge in [0.15, 0.2) is 6.29 Å². The molecule has 1 aliphatic heterocycles. The van der Waals surface area contributed by atoms with Gasteiger partial charge >= 0.3 is 0 Å². The molecule has 15 heavy (non-hydrogen) atoms. The predicted molar refractivity (Wildman–Crippen MR) is 57.5 cm³/mol. The van der Waals surface area contributed by atoms with E-state index in [1.165, 1.54) is 12.1 Å². The van der Waals surface area contributed by atoms with E-state index in [0.29, 0.717) is 29.6 Å². The van der Waals surface area contributed by atoms with Gasteiger partial charge in [0.05, 0.1) is 13.2 Å². The number of hydrogen-bond donors (Lipinski definition) is 1. The second kappa shape index (κ2) is 4.51. The van der Waals surface area contributed by atoms with E-state index in [1.54, 1.807) is 6.07 Å². The molecule has 82 valence electrons. The molecule has 0 radical (unpaired) electrons. The summed E-state index contributed by atoms with van der Waals surface area (Å²) in [5.74, 6) is 0.0774. The van der Waals surface area contributed by atoms with Crippen LogP contribution in [0.25, 0.3) is 0 Å². The summed E-state index contributed by atoms with van der Waals surface area (Å²) in [5, 5.41) is 0. The topological polar surface area (TPSA) is 18.5 Å². The lowest BCUT2D eigenvalue weighted by Gasteiger charge is -2.27. The molecular formula is C11H13FO2S. The first-order valence-corrected chi connectivity index (χ1v) is 5.32. The summed E-state index contributed by atoms with van der Waals surface area (Å²) in [5.41, 5.74) is 0.687. The van der Waals surface area contributed by atoms with E-state index in [-0.39, 0.29) is 5.82 Å². The van der Waals surface area contributed by atoms with E-state index in [2.05, 4.69) is 12.6 Å². The molecule has 1 aliphatic rings. The van der Waals surface area contributed by atoms with Gasteiger partial charge in [-0.2, -0.15) is 0 Å². The number of rotatable bonds is 1. The van der Waals surface area contributed by atoms with Crippen LogP contribution in [0.4, 0.5) is 4.39 Å². The van der Waals surface area contributed by atoms with Gasteiger partial charge in [0.25, 0.3) is 0 Å². The molecule has 0 bridgehead atoms. The number of thiol groups is 1. The van der Waals surface area contributed by atoms with Gasteiger partial charge in [-0.15, -0.1) is 12.6 Å². The third-order valence-corrected chi connectivity index (χ3v) is 2.50. The summed E-state index contributed by atoms with van der Waals surface area (Å²) in [4.78, 5) is 0.579. The fraction of sp³-hybridized carbons (Fsp3) is 0.455. The lowest BCUT2D eigenvalue weighted by atomic mass is 10.1.